The normalized spacial score (nSPS) is 18.7. The minimum atomic E-state index is -3.82. The molecule has 5 nitrogen and oxygen atoms in total. The highest BCUT2D eigenvalue weighted by molar-refractivity contribution is 7.89. The Balaban J connectivity index is 1.99. The summed E-state index contributed by atoms with van der Waals surface area (Å²) in [5.41, 5.74) is 0.460. The van der Waals surface area contributed by atoms with Gasteiger partial charge in [0.2, 0.25) is 10.0 Å². The summed E-state index contributed by atoms with van der Waals surface area (Å²) < 4.78 is 53.1. The van der Waals surface area contributed by atoms with Gasteiger partial charge in [0.25, 0.3) is 0 Å². The Hall–Kier alpha value is -2.12. The van der Waals surface area contributed by atoms with E-state index in [1.807, 2.05) is 13.8 Å². The van der Waals surface area contributed by atoms with Crippen LogP contribution in [0.2, 0.25) is 0 Å². The standard InChI is InChI=1S/C19H22FNO4S/c1-12-9-14(6-7-16(12)20)26(22,23)21-17-11-19(2,3)25-18-8-5-13(24-4)10-15(17)18/h5-10,17,21H,11H2,1-4H3/t17-/m1/s1. The van der Waals surface area contributed by atoms with Crippen molar-refractivity contribution in [2.75, 3.05) is 7.11 Å². The molecule has 1 aliphatic heterocycles. The van der Waals surface area contributed by atoms with Crippen LogP contribution in [-0.2, 0) is 10.0 Å². The molecule has 0 saturated heterocycles. The van der Waals surface area contributed by atoms with Crippen LogP contribution < -0.4 is 14.2 Å². The molecule has 26 heavy (non-hydrogen) atoms. The third kappa shape index (κ3) is 3.68. The van der Waals surface area contributed by atoms with Crippen LogP contribution in [0.25, 0.3) is 0 Å². The fourth-order valence-electron chi connectivity index (χ4n) is 3.10. The number of sulfonamides is 1. The summed E-state index contributed by atoms with van der Waals surface area (Å²) in [4.78, 5) is 0.0325. The average Bonchev–Trinajstić information content (AvgIpc) is 2.55. The molecule has 0 amide bonds. The molecule has 0 unspecified atom stereocenters. The molecular formula is C19H22FNO4S. The molecule has 7 heteroatoms. The first kappa shape index (κ1) is 18.7. The van der Waals surface area contributed by atoms with Gasteiger partial charge in [-0.25, -0.2) is 17.5 Å². The van der Waals surface area contributed by atoms with Crippen LogP contribution in [0, 0.1) is 12.7 Å². The van der Waals surface area contributed by atoms with Gasteiger partial charge in [0, 0.05) is 12.0 Å². The highest BCUT2D eigenvalue weighted by Crippen LogP contribution is 2.41. The Morgan fingerprint density at radius 3 is 2.62 bits per heavy atom. The lowest BCUT2D eigenvalue weighted by atomic mass is 9.90. The molecule has 2 aromatic rings. The summed E-state index contributed by atoms with van der Waals surface area (Å²) in [5, 5.41) is 0. The Morgan fingerprint density at radius 1 is 1.23 bits per heavy atom. The van der Waals surface area contributed by atoms with Gasteiger partial charge in [-0.3, -0.25) is 0 Å². The minimum Gasteiger partial charge on any atom is -0.497 e. The van der Waals surface area contributed by atoms with Crippen molar-refractivity contribution >= 4 is 10.0 Å². The first-order valence-corrected chi connectivity index (χ1v) is 9.75. The summed E-state index contributed by atoms with van der Waals surface area (Å²) in [7, 11) is -2.27. The number of hydrogen-bond acceptors (Lipinski definition) is 4. The van der Waals surface area contributed by atoms with Crippen LogP contribution in [0.5, 0.6) is 11.5 Å². The third-order valence-electron chi connectivity index (χ3n) is 4.41. The number of methoxy groups -OCH3 is 1. The maximum Gasteiger partial charge on any atom is 0.241 e. The second-order valence-electron chi connectivity index (χ2n) is 7.05. The van der Waals surface area contributed by atoms with Gasteiger partial charge in [0.1, 0.15) is 22.9 Å². The van der Waals surface area contributed by atoms with Gasteiger partial charge in [0.05, 0.1) is 18.0 Å². The SMILES string of the molecule is COc1ccc2c(c1)[C@H](NS(=O)(=O)c1ccc(F)c(C)c1)CC(C)(C)O2. The Morgan fingerprint density at radius 2 is 1.96 bits per heavy atom. The van der Waals surface area contributed by atoms with Crippen molar-refractivity contribution in [3.8, 4) is 11.5 Å². The monoisotopic (exact) mass is 379 g/mol. The molecular weight excluding hydrogens is 357 g/mol. The first-order chi connectivity index (χ1) is 12.1. The van der Waals surface area contributed by atoms with Gasteiger partial charge in [-0.1, -0.05) is 0 Å². The molecule has 1 aliphatic rings. The number of hydrogen-bond donors (Lipinski definition) is 1. The molecule has 0 radical (unpaired) electrons. The topological polar surface area (TPSA) is 64.6 Å². The molecule has 0 aromatic heterocycles. The largest absolute Gasteiger partial charge is 0.497 e. The lowest BCUT2D eigenvalue weighted by molar-refractivity contribution is 0.0700. The predicted octanol–water partition coefficient (Wildman–Crippen LogP) is 3.72. The highest BCUT2D eigenvalue weighted by Gasteiger charge is 2.36. The number of halogens is 1. The number of nitrogens with one attached hydrogen (secondary N) is 1. The Labute approximate surface area is 153 Å². The summed E-state index contributed by atoms with van der Waals surface area (Å²) >= 11 is 0. The number of benzene rings is 2. The maximum atomic E-state index is 13.5. The van der Waals surface area contributed by atoms with Crippen molar-refractivity contribution in [1.29, 1.82) is 0 Å². The molecule has 0 bridgehead atoms. The van der Waals surface area contributed by atoms with Gasteiger partial charge in [0.15, 0.2) is 0 Å². The van der Waals surface area contributed by atoms with E-state index in [9.17, 15) is 12.8 Å². The zero-order valence-electron chi connectivity index (χ0n) is 15.2. The maximum absolute atomic E-state index is 13.5. The lowest BCUT2D eigenvalue weighted by Gasteiger charge is -2.37. The number of rotatable bonds is 4. The summed E-state index contributed by atoms with van der Waals surface area (Å²) in [6.45, 7) is 5.35. The molecule has 1 atom stereocenters. The fraction of sp³-hybridized carbons (Fsp3) is 0.368. The van der Waals surface area contributed by atoms with Gasteiger partial charge in [-0.05, 0) is 62.7 Å². The van der Waals surface area contributed by atoms with Gasteiger partial charge in [-0.15, -0.1) is 0 Å². The van der Waals surface area contributed by atoms with Crippen molar-refractivity contribution in [2.24, 2.45) is 0 Å². The van der Waals surface area contributed by atoms with Crippen LogP contribution >= 0.6 is 0 Å². The molecule has 1 heterocycles. The Bertz CT molecular complexity index is 941. The van der Waals surface area contributed by atoms with Crippen molar-refractivity contribution in [3.63, 3.8) is 0 Å². The molecule has 2 aromatic carbocycles. The van der Waals surface area contributed by atoms with E-state index in [0.29, 0.717) is 23.5 Å². The van der Waals surface area contributed by atoms with Crippen molar-refractivity contribution in [2.45, 2.75) is 43.7 Å². The third-order valence-corrected chi connectivity index (χ3v) is 5.88. The van der Waals surface area contributed by atoms with E-state index in [1.54, 1.807) is 25.3 Å². The lowest BCUT2D eigenvalue weighted by Crippen LogP contribution is -2.41. The summed E-state index contributed by atoms with van der Waals surface area (Å²) in [6, 6.07) is 8.59. The second-order valence-corrected chi connectivity index (χ2v) is 8.77. The minimum absolute atomic E-state index is 0.0325. The smallest absolute Gasteiger partial charge is 0.241 e. The van der Waals surface area contributed by atoms with E-state index < -0.39 is 27.5 Å². The van der Waals surface area contributed by atoms with Gasteiger partial charge in [-0.2, -0.15) is 0 Å². The molecule has 0 fully saturated rings. The molecule has 3 rings (SSSR count). The zero-order valence-corrected chi connectivity index (χ0v) is 16.0. The van der Waals surface area contributed by atoms with Crippen molar-refractivity contribution in [3.05, 3.63) is 53.3 Å². The average molecular weight is 379 g/mol. The van der Waals surface area contributed by atoms with Gasteiger partial charge >= 0.3 is 0 Å². The Kier molecular flexibility index (Phi) is 4.71. The van der Waals surface area contributed by atoms with Crippen LogP contribution in [0.3, 0.4) is 0 Å². The quantitative estimate of drug-likeness (QED) is 0.879. The van der Waals surface area contributed by atoms with Crippen molar-refractivity contribution in [1.82, 2.24) is 4.72 Å². The number of aryl methyl sites for hydroxylation is 1. The number of ether oxygens (including phenoxy) is 2. The molecule has 1 N–H and O–H groups in total. The van der Waals surface area contributed by atoms with E-state index in [0.717, 1.165) is 6.07 Å². The van der Waals surface area contributed by atoms with Crippen LogP contribution in [-0.4, -0.2) is 21.1 Å². The van der Waals surface area contributed by atoms with E-state index in [1.165, 1.54) is 19.1 Å². The molecule has 0 spiro atoms. The van der Waals surface area contributed by atoms with Crippen LogP contribution in [0.15, 0.2) is 41.3 Å². The zero-order chi connectivity index (χ0) is 19.1. The first-order valence-electron chi connectivity index (χ1n) is 8.27. The summed E-state index contributed by atoms with van der Waals surface area (Å²) in [5.74, 6) is 0.796. The van der Waals surface area contributed by atoms with Gasteiger partial charge < -0.3 is 9.47 Å². The van der Waals surface area contributed by atoms with E-state index in [-0.39, 0.29) is 10.5 Å². The predicted molar refractivity (Wildman–Crippen MR) is 96.5 cm³/mol. The number of fused-ring (bicyclic) bond motifs is 1. The molecule has 0 aliphatic carbocycles. The van der Waals surface area contributed by atoms with Crippen LogP contribution in [0.4, 0.5) is 4.39 Å². The van der Waals surface area contributed by atoms with E-state index >= 15 is 0 Å². The van der Waals surface area contributed by atoms with Crippen molar-refractivity contribution < 1.29 is 22.3 Å². The fourth-order valence-corrected chi connectivity index (χ4v) is 4.40. The second kappa shape index (κ2) is 6.55. The van der Waals surface area contributed by atoms with E-state index in [2.05, 4.69) is 4.72 Å². The van der Waals surface area contributed by atoms with Crippen LogP contribution in [0.1, 0.15) is 37.4 Å². The van der Waals surface area contributed by atoms with E-state index in [4.69, 9.17) is 9.47 Å². The molecule has 140 valence electrons. The highest BCUT2D eigenvalue weighted by atomic mass is 32.2. The summed E-state index contributed by atoms with van der Waals surface area (Å²) in [6.07, 6.45) is 0.451. The molecule has 0 saturated carbocycles.